The molecule has 2 aromatic rings. The van der Waals surface area contributed by atoms with Crippen molar-refractivity contribution in [2.45, 2.75) is 0 Å². The molecule has 0 spiro atoms. The van der Waals surface area contributed by atoms with E-state index in [2.05, 4.69) is 4.98 Å². The minimum Gasteiger partial charge on any atom is -0.394 e. The fourth-order valence-electron chi connectivity index (χ4n) is 2.20. The third-order valence-corrected chi connectivity index (χ3v) is 3.18. The quantitative estimate of drug-likeness (QED) is 0.726. The van der Waals surface area contributed by atoms with Gasteiger partial charge in [0.25, 0.3) is 11.8 Å². The zero-order valence-electron chi connectivity index (χ0n) is 9.73. The highest BCUT2D eigenvalue weighted by molar-refractivity contribution is 6.36. The Bertz CT molecular complexity index is 712. The number of nitrogens with zero attached hydrogens (tertiary/aromatic N) is 1. The number of aromatic amines is 1. The number of aromatic nitrogens is 1. The van der Waals surface area contributed by atoms with Crippen LogP contribution in [0.3, 0.4) is 0 Å². The molecular weight excluding hydrogens is 230 g/mol. The van der Waals surface area contributed by atoms with Crippen molar-refractivity contribution in [1.82, 2.24) is 9.88 Å². The van der Waals surface area contributed by atoms with Gasteiger partial charge in [-0.15, -0.1) is 0 Å². The molecule has 0 radical (unpaired) electrons. The Morgan fingerprint density at radius 2 is 1.89 bits per heavy atom. The number of fused-ring (bicyclic) bond motifs is 1. The molecule has 5 heteroatoms. The van der Waals surface area contributed by atoms with Gasteiger partial charge in [0.05, 0.1) is 5.57 Å². The second kappa shape index (κ2) is 3.46. The molecule has 2 heterocycles. The third-order valence-electron chi connectivity index (χ3n) is 3.18. The molecule has 90 valence electrons. The summed E-state index contributed by atoms with van der Waals surface area (Å²) in [4.78, 5) is 27.8. The molecule has 5 nitrogen and oxygen atoms in total. The standard InChI is InChI=1S/C13H11N3O2/c1-16-12(17)10(11(14)13(16)18)8-6-15-9-5-3-2-4-7(8)9/h2-6,15H,14H2,1H3. The van der Waals surface area contributed by atoms with Crippen LogP contribution in [0.15, 0.2) is 36.2 Å². The number of amides is 2. The number of H-pyrrole nitrogens is 1. The first kappa shape index (κ1) is 10.6. The molecular formula is C13H11N3O2. The van der Waals surface area contributed by atoms with E-state index >= 15 is 0 Å². The number of rotatable bonds is 1. The van der Waals surface area contributed by atoms with Crippen LogP contribution >= 0.6 is 0 Å². The molecule has 0 bridgehead atoms. The molecule has 3 rings (SSSR count). The van der Waals surface area contributed by atoms with Gasteiger partial charge in [-0.1, -0.05) is 18.2 Å². The zero-order chi connectivity index (χ0) is 12.9. The van der Waals surface area contributed by atoms with Crippen molar-refractivity contribution < 1.29 is 9.59 Å². The summed E-state index contributed by atoms with van der Waals surface area (Å²) >= 11 is 0. The van der Waals surface area contributed by atoms with E-state index < -0.39 is 5.91 Å². The van der Waals surface area contributed by atoms with Gasteiger partial charge in [0, 0.05) is 29.7 Å². The van der Waals surface area contributed by atoms with Crippen LogP contribution in [-0.2, 0) is 9.59 Å². The molecule has 0 aliphatic carbocycles. The summed E-state index contributed by atoms with van der Waals surface area (Å²) < 4.78 is 0. The predicted molar refractivity (Wildman–Crippen MR) is 67.2 cm³/mol. The zero-order valence-corrected chi connectivity index (χ0v) is 9.73. The molecule has 0 unspecified atom stereocenters. The van der Waals surface area contributed by atoms with E-state index in [1.807, 2.05) is 24.3 Å². The second-order valence-electron chi connectivity index (χ2n) is 4.21. The van der Waals surface area contributed by atoms with Crippen LogP contribution < -0.4 is 5.73 Å². The summed E-state index contributed by atoms with van der Waals surface area (Å²) in [5.74, 6) is -0.803. The molecule has 1 aliphatic rings. The average molecular weight is 241 g/mol. The van der Waals surface area contributed by atoms with Gasteiger partial charge < -0.3 is 10.7 Å². The summed E-state index contributed by atoms with van der Waals surface area (Å²) in [7, 11) is 1.43. The van der Waals surface area contributed by atoms with E-state index in [1.54, 1.807) is 6.20 Å². The van der Waals surface area contributed by atoms with Crippen molar-refractivity contribution in [3.05, 3.63) is 41.7 Å². The van der Waals surface area contributed by atoms with Crippen molar-refractivity contribution in [1.29, 1.82) is 0 Å². The number of para-hydroxylation sites is 1. The number of carbonyl (C=O) groups excluding carboxylic acids is 2. The molecule has 3 N–H and O–H groups in total. The van der Waals surface area contributed by atoms with E-state index in [4.69, 9.17) is 5.73 Å². The van der Waals surface area contributed by atoms with Crippen molar-refractivity contribution in [2.24, 2.45) is 5.73 Å². The Balaban J connectivity index is 2.28. The average Bonchev–Trinajstić information content (AvgIpc) is 2.87. The SMILES string of the molecule is CN1C(=O)C(N)=C(c2c[nH]c3ccccc23)C1=O. The Kier molecular flexibility index (Phi) is 2.04. The van der Waals surface area contributed by atoms with Crippen molar-refractivity contribution in [2.75, 3.05) is 7.05 Å². The Morgan fingerprint density at radius 1 is 1.17 bits per heavy atom. The summed E-state index contributed by atoms with van der Waals surface area (Å²) in [6, 6.07) is 7.56. The van der Waals surface area contributed by atoms with Crippen LogP contribution in [0.4, 0.5) is 0 Å². The number of hydrogen-bond acceptors (Lipinski definition) is 3. The second-order valence-corrected chi connectivity index (χ2v) is 4.21. The van der Waals surface area contributed by atoms with Crippen LogP contribution in [0.25, 0.3) is 16.5 Å². The number of imide groups is 1. The van der Waals surface area contributed by atoms with E-state index in [0.717, 1.165) is 15.8 Å². The lowest BCUT2D eigenvalue weighted by molar-refractivity contribution is -0.135. The van der Waals surface area contributed by atoms with E-state index in [-0.39, 0.29) is 17.2 Å². The van der Waals surface area contributed by atoms with E-state index in [9.17, 15) is 9.59 Å². The maximum absolute atomic E-state index is 12.0. The molecule has 1 aromatic heterocycles. The number of nitrogens with one attached hydrogen (secondary N) is 1. The van der Waals surface area contributed by atoms with Crippen LogP contribution in [0.1, 0.15) is 5.56 Å². The Hall–Kier alpha value is -2.56. The van der Waals surface area contributed by atoms with Gasteiger partial charge in [0.1, 0.15) is 5.70 Å². The van der Waals surface area contributed by atoms with E-state index in [0.29, 0.717) is 5.56 Å². The highest BCUT2D eigenvalue weighted by atomic mass is 16.2. The number of hydrogen-bond donors (Lipinski definition) is 2. The van der Waals surface area contributed by atoms with E-state index in [1.165, 1.54) is 7.05 Å². The van der Waals surface area contributed by atoms with Crippen molar-refractivity contribution >= 4 is 28.3 Å². The van der Waals surface area contributed by atoms with Gasteiger partial charge in [-0.05, 0) is 6.07 Å². The van der Waals surface area contributed by atoms with Gasteiger partial charge in [0.15, 0.2) is 0 Å². The minimum absolute atomic E-state index is 0.00672. The summed E-state index contributed by atoms with van der Waals surface area (Å²) in [6.45, 7) is 0. The highest BCUT2D eigenvalue weighted by Crippen LogP contribution is 2.31. The maximum Gasteiger partial charge on any atom is 0.277 e. The largest absolute Gasteiger partial charge is 0.394 e. The fraction of sp³-hybridized carbons (Fsp3) is 0.0769. The molecule has 1 aromatic carbocycles. The van der Waals surface area contributed by atoms with Crippen LogP contribution in [0.2, 0.25) is 0 Å². The van der Waals surface area contributed by atoms with Crippen LogP contribution in [0, 0.1) is 0 Å². The molecule has 0 saturated carbocycles. The van der Waals surface area contributed by atoms with Gasteiger partial charge in [0.2, 0.25) is 0 Å². The maximum atomic E-state index is 12.0. The summed E-state index contributed by atoms with van der Waals surface area (Å²) in [5, 5.41) is 0.881. The Morgan fingerprint density at radius 3 is 2.56 bits per heavy atom. The molecule has 2 amide bonds. The summed E-state index contributed by atoms with van der Waals surface area (Å²) in [6.07, 6.45) is 1.71. The third kappa shape index (κ3) is 1.21. The van der Waals surface area contributed by atoms with Crippen molar-refractivity contribution in [3.8, 4) is 0 Å². The molecule has 0 fully saturated rings. The van der Waals surface area contributed by atoms with Crippen LogP contribution in [-0.4, -0.2) is 28.7 Å². The molecule has 0 atom stereocenters. The topological polar surface area (TPSA) is 79.2 Å². The van der Waals surface area contributed by atoms with Crippen molar-refractivity contribution in [3.63, 3.8) is 0 Å². The first-order chi connectivity index (χ1) is 8.61. The lowest BCUT2D eigenvalue weighted by Crippen LogP contribution is -2.28. The summed E-state index contributed by atoms with van der Waals surface area (Å²) in [5.41, 5.74) is 7.60. The smallest absolute Gasteiger partial charge is 0.277 e. The first-order valence-electron chi connectivity index (χ1n) is 5.50. The number of benzene rings is 1. The predicted octanol–water partition coefficient (Wildman–Crippen LogP) is 0.836. The number of carbonyl (C=O) groups is 2. The molecule has 18 heavy (non-hydrogen) atoms. The Labute approximate surface area is 103 Å². The monoisotopic (exact) mass is 241 g/mol. The van der Waals surface area contributed by atoms with Gasteiger partial charge in [-0.2, -0.15) is 0 Å². The molecule has 0 saturated heterocycles. The number of likely N-dealkylation sites (N-methyl/N-ethyl adjacent to an activating group) is 1. The van der Waals surface area contributed by atoms with Gasteiger partial charge in [-0.3, -0.25) is 14.5 Å². The fourth-order valence-corrected chi connectivity index (χ4v) is 2.20. The lowest BCUT2D eigenvalue weighted by atomic mass is 10.0. The normalized spacial score (nSPS) is 16.2. The van der Waals surface area contributed by atoms with Gasteiger partial charge >= 0.3 is 0 Å². The minimum atomic E-state index is -0.444. The van der Waals surface area contributed by atoms with Gasteiger partial charge in [-0.25, -0.2) is 0 Å². The lowest BCUT2D eigenvalue weighted by Gasteiger charge is -2.05. The first-order valence-corrected chi connectivity index (χ1v) is 5.50. The number of nitrogens with two attached hydrogens (primary N) is 1. The molecule has 1 aliphatic heterocycles. The highest BCUT2D eigenvalue weighted by Gasteiger charge is 2.35. The van der Waals surface area contributed by atoms with Crippen LogP contribution in [0.5, 0.6) is 0 Å².